The Labute approximate surface area is 183 Å². The fourth-order valence-corrected chi connectivity index (χ4v) is 4.58. The molecule has 1 aromatic carbocycles. The van der Waals surface area contributed by atoms with Crippen LogP contribution in [0.2, 0.25) is 0 Å². The predicted molar refractivity (Wildman–Crippen MR) is 109 cm³/mol. The van der Waals surface area contributed by atoms with Gasteiger partial charge < -0.3 is 26.9 Å². The summed E-state index contributed by atoms with van der Waals surface area (Å²) in [6.45, 7) is 3.39. The maximum absolute atomic E-state index is 12.9. The van der Waals surface area contributed by atoms with Gasteiger partial charge in [0, 0.05) is 19.5 Å². The molecule has 2 heterocycles. The standard InChI is InChI=1S/C20H27N3O5S.ClH/c1-15(24)22-17-9-8-16(13-20(17)27-2)29(25,26)21-14-18(19-7-6-12-28-19)23-10-4-3-5-11-23;/h6-9,12-13,18,21H,3-5,10-11,14H2,1-2H3,(H,22,24);1H/p-1. The summed E-state index contributed by atoms with van der Waals surface area (Å²) in [4.78, 5) is 13.6. The number of carbonyl (C=O) groups is 1. The number of nitrogens with one attached hydrogen (secondary N) is 2. The first-order chi connectivity index (χ1) is 13.9. The van der Waals surface area contributed by atoms with Gasteiger partial charge in [-0.05, 0) is 50.2 Å². The molecule has 1 aliphatic heterocycles. The molecular formula is C20H27ClN3O5S-. The SMILES string of the molecule is COc1cc(S(=O)(=O)NCC(c2ccco2)N2CCCCC2)ccc1NC(C)=O.[Cl-]. The summed E-state index contributed by atoms with van der Waals surface area (Å²) in [6.07, 6.45) is 4.97. The number of methoxy groups -OCH3 is 1. The van der Waals surface area contributed by atoms with E-state index in [4.69, 9.17) is 9.15 Å². The monoisotopic (exact) mass is 456 g/mol. The number of halogens is 1. The van der Waals surface area contributed by atoms with Crippen molar-refractivity contribution in [2.45, 2.75) is 37.1 Å². The van der Waals surface area contributed by atoms with Crippen LogP contribution in [0.1, 0.15) is 38.0 Å². The molecule has 2 aromatic rings. The van der Waals surface area contributed by atoms with Crippen molar-refractivity contribution >= 4 is 21.6 Å². The number of sulfonamides is 1. The van der Waals surface area contributed by atoms with Crippen molar-refractivity contribution in [2.24, 2.45) is 0 Å². The maximum atomic E-state index is 12.9. The van der Waals surface area contributed by atoms with Crippen LogP contribution in [0, 0.1) is 0 Å². The molecule has 1 fully saturated rings. The molecule has 0 bridgehead atoms. The highest BCUT2D eigenvalue weighted by molar-refractivity contribution is 7.89. The third-order valence-electron chi connectivity index (χ3n) is 4.96. The molecule has 1 unspecified atom stereocenters. The summed E-state index contributed by atoms with van der Waals surface area (Å²) in [7, 11) is -2.35. The van der Waals surface area contributed by atoms with Gasteiger partial charge in [0.05, 0.1) is 30.0 Å². The molecule has 1 aliphatic rings. The number of likely N-dealkylation sites (tertiary alicyclic amines) is 1. The maximum Gasteiger partial charge on any atom is 0.240 e. The van der Waals surface area contributed by atoms with Crippen molar-refractivity contribution < 1.29 is 34.8 Å². The Morgan fingerprint density at radius 3 is 2.57 bits per heavy atom. The number of hydrogen-bond acceptors (Lipinski definition) is 6. The van der Waals surface area contributed by atoms with E-state index in [9.17, 15) is 13.2 Å². The Morgan fingerprint density at radius 2 is 1.97 bits per heavy atom. The summed E-state index contributed by atoms with van der Waals surface area (Å²) >= 11 is 0. The minimum absolute atomic E-state index is 0. The lowest BCUT2D eigenvalue weighted by Crippen LogP contribution is -3.00. The largest absolute Gasteiger partial charge is 1.00 e. The molecule has 0 aliphatic carbocycles. The van der Waals surface area contributed by atoms with E-state index in [1.165, 1.54) is 38.7 Å². The molecule has 1 amide bonds. The van der Waals surface area contributed by atoms with Crippen molar-refractivity contribution in [3.05, 3.63) is 42.4 Å². The first-order valence-electron chi connectivity index (χ1n) is 9.63. The summed E-state index contributed by atoms with van der Waals surface area (Å²) in [5.74, 6) is 0.759. The lowest BCUT2D eigenvalue weighted by Gasteiger charge is -2.33. The summed E-state index contributed by atoms with van der Waals surface area (Å²) in [6, 6.07) is 7.88. The lowest BCUT2D eigenvalue weighted by molar-refractivity contribution is -0.114. The van der Waals surface area contributed by atoms with E-state index in [1.54, 1.807) is 6.26 Å². The highest BCUT2D eigenvalue weighted by Crippen LogP contribution is 2.29. The number of benzene rings is 1. The summed E-state index contributed by atoms with van der Waals surface area (Å²) < 4.78 is 39.3. The second-order valence-electron chi connectivity index (χ2n) is 7.02. The Kier molecular flexibility index (Phi) is 8.72. The highest BCUT2D eigenvalue weighted by Gasteiger charge is 2.27. The van der Waals surface area contributed by atoms with Gasteiger partial charge in [-0.3, -0.25) is 9.69 Å². The second-order valence-corrected chi connectivity index (χ2v) is 8.79. The van der Waals surface area contributed by atoms with Crippen LogP contribution in [0.5, 0.6) is 5.75 Å². The topological polar surface area (TPSA) is 101 Å². The zero-order valence-corrected chi connectivity index (χ0v) is 18.6. The molecule has 2 N–H and O–H groups in total. The van der Waals surface area contributed by atoms with Crippen molar-refractivity contribution in [2.75, 3.05) is 32.1 Å². The number of piperidine rings is 1. The third-order valence-corrected chi connectivity index (χ3v) is 6.38. The van der Waals surface area contributed by atoms with Crippen molar-refractivity contribution in [1.82, 2.24) is 9.62 Å². The molecular weight excluding hydrogens is 430 g/mol. The number of carbonyl (C=O) groups excluding carboxylic acids is 1. The molecule has 1 saturated heterocycles. The van der Waals surface area contributed by atoms with Gasteiger partial charge in [0.15, 0.2) is 0 Å². The first kappa shape index (κ1) is 24.2. The van der Waals surface area contributed by atoms with E-state index in [0.29, 0.717) is 5.69 Å². The average Bonchev–Trinajstić information content (AvgIpc) is 3.23. The molecule has 1 atom stereocenters. The van der Waals surface area contributed by atoms with Crippen LogP contribution in [-0.2, 0) is 14.8 Å². The van der Waals surface area contributed by atoms with Crippen LogP contribution in [0.15, 0.2) is 45.9 Å². The molecule has 0 radical (unpaired) electrons. The number of anilines is 1. The quantitative estimate of drug-likeness (QED) is 0.568. The zero-order valence-electron chi connectivity index (χ0n) is 17.1. The van der Waals surface area contributed by atoms with E-state index < -0.39 is 10.0 Å². The second kappa shape index (κ2) is 10.8. The molecule has 1 aromatic heterocycles. The average molecular weight is 457 g/mol. The zero-order chi connectivity index (χ0) is 20.9. The van der Waals surface area contributed by atoms with Crippen LogP contribution in [0.4, 0.5) is 5.69 Å². The minimum atomic E-state index is -3.77. The molecule has 10 heteroatoms. The normalized spacial score (nSPS) is 15.8. The fourth-order valence-electron chi connectivity index (χ4n) is 3.52. The van der Waals surface area contributed by atoms with Crippen molar-refractivity contribution in [3.8, 4) is 5.75 Å². The van der Waals surface area contributed by atoms with Gasteiger partial charge >= 0.3 is 0 Å². The minimum Gasteiger partial charge on any atom is -1.00 e. The van der Waals surface area contributed by atoms with Crippen LogP contribution >= 0.6 is 0 Å². The number of amides is 1. The van der Waals surface area contributed by atoms with E-state index >= 15 is 0 Å². The fraction of sp³-hybridized carbons (Fsp3) is 0.450. The summed E-state index contributed by atoms with van der Waals surface area (Å²) in [5.41, 5.74) is 0.417. The Balaban J connectivity index is 0.00000320. The van der Waals surface area contributed by atoms with Crippen LogP contribution in [-0.4, -0.2) is 46.0 Å². The van der Waals surface area contributed by atoms with E-state index in [1.807, 2.05) is 12.1 Å². The number of ether oxygens (including phenoxy) is 1. The van der Waals surface area contributed by atoms with Gasteiger partial charge in [0.1, 0.15) is 11.5 Å². The van der Waals surface area contributed by atoms with E-state index in [2.05, 4.69) is 14.9 Å². The number of hydrogen-bond donors (Lipinski definition) is 2. The van der Waals surface area contributed by atoms with Gasteiger partial charge in [-0.2, -0.15) is 0 Å². The molecule has 30 heavy (non-hydrogen) atoms. The van der Waals surface area contributed by atoms with E-state index in [0.717, 1.165) is 31.7 Å². The number of rotatable bonds is 8. The van der Waals surface area contributed by atoms with Gasteiger partial charge in [0.25, 0.3) is 0 Å². The van der Waals surface area contributed by atoms with Crippen LogP contribution in [0.25, 0.3) is 0 Å². The van der Waals surface area contributed by atoms with Gasteiger partial charge in [-0.15, -0.1) is 0 Å². The van der Waals surface area contributed by atoms with Crippen LogP contribution in [0.3, 0.4) is 0 Å². The summed E-state index contributed by atoms with van der Waals surface area (Å²) in [5, 5.41) is 2.62. The Morgan fingerprint density at radius 1 is 1.23 bits per heavy atom. The van der Waals surface area contributed by atoms with Gasteiger partial charge in [-0.25, -0.2) is 13.1 Å². The van der Waals surface area contributed by atoms with Crippen LogP contribution < -0.4 is 27.2 Å². The molecule has 0 spiro atoms. The third kappa shape index (κ3) is 5.98. The Hall–Kier alpha value is -2.07. The smallest absolute Gasteiger partial charge is 0.240 e. The van der Waals surface area contributed by atoms with Gasteiger partial charge in [-0.1, -0.05) is 6.42 Å². The molecule has 8 nitrogen and oxygen atoms in total. The predicted octanol–water partition coefficient (Wildman–Crippen LogP) is -0.244. The van der Waals surface area contributed by atoms with E-state index in [-0.39, 0.29) is 41.5 Å². The van der Waals surface area contributed by atoms with Crippen molar-refractivity contribution in [1.29, 1.82) is 0 Å². The lowest BCUT2D eigenvalue weighted by atomic mass is 10.1. The number of nitrogens with zero attached hydrogens (tertiary/aromatic N) is 1. The van der Waals surface area contributed by atoms with Gasteiger partial charge in [0.2, 0.25) is 15.9 Å². The van der Waals surface area contributed by atoms with Crippen molar-refractivity contribution in [3.63, 3.8) is 0 Å². The highest BCUT2D eigenvalue weighted by atomic mass is 35.5. The number of furan rings is 1. The molecule has 0 saturated carbocycles. The molecule has 3 rings (SSSR count). The first-order valence-corrected chi connectivity index (χ1v) is 11.1. The Bertz CT molecular complexity index is 928. The molecule has 166 valence electrons.